The molecule has 0 atom stereocenters. The first-order valence-electron chi connectivity index (χ1n) is 8.81. The highest BCUT2D eigenvalue weighted by molar-refractivity contribution is 5.84. The lowest BCUT2D eigenvalue weighted by atomic mass is 10.1. The van der Waals surface area contributed by atoms with Gasteiger partial charge in [0, 0.05) is 12.8 Å². The van der Waals surface area contributed by atoms with Crippen molar-refractivity contribution < 1.29 is 19.1 Å². The van der Waals surface area contributed by atoms with Crippen LogP contribution < -0.4 is 4.74 Å². The Morgan fingerprint density at radius 1 is 0.885 bits per heavy atom. The van der Waals surface area contributed by atoms with Crippen molar-refractivity contribution in [3.05, 3.63) is 65.7 Å². The smallest absolute Gasteiger partial charge is 0.306 e. The molecule has 0 N–H and O–H groups in total. The summed E-state index contributed by atoms with van der Waals surface area (Å²) in [6, 6.07) is 17.4. The second-order valence-corrected chi connectivity index (χ2v) is 7.22. The van der Waals surface area contributed by atoms with Crippen molar-refractivity contribution in [1.29, 1.82) is 0 Å². The number of hydrogen-bond acceptors (Lipinski definition) is 4. The zero-order chi connectivity index (χ0) is 19.0. The molecule has 2 aromatic rings. The van der Waals surface area contributed by atoms with Gasteiger partial charge in [-0.25, -0.2) is 0 Å². The first-order chi connectivity index (χ1) is 12.3. The third-order valence-corrected chi connectivity index (χ3v) is 3.58. The van der Waals surface area contributed by atoms with E-state index in [1.54, 1.807) is 0 Å². The number of Topliss-reactive ketones (excluding diaryl/α,β-unsaturated/α-hetero) is 1. The number of rotatable bonds is 8. The van der Waals surface area contributed by atoms with Gasteiger partial charge in [0.25, 0.3) is 0 Å². The number of ketones is 1. The Balaban J connectivity index is 1.82. The Morgan fingerprint density at radius 3 is 2.27 bits per heavy atom. The number of carbonyl (C=O) groups excluding carboxylic acids is 2. The van der Waals surface area contributed by atoms with Crippen molar-refractivity contribution in [2.45, 2.75) is 52.2 Å². The van der Waals surface area contributed by atoms with Crippen LogP contribution in [0.3, 0.4) is 0 Å². The highest BCUT2D eigenvalue weighted by Gasteiger charge is 2.17. The van der Waals surface area contributed by atoms with E-state index in [2.05, 4.69) is 0 Å². The number of benzene rings is 2. The van der Waals surface area contributed by atoms with Crippen LogP contribution in [0.5, 0.6) is 5.75 Å². The van der Waals surface area contributed by atoms with E-state index in [0.29, 0.717) is 6.61 Å². The molecule has 0 amide bonds. The SMILES string of the molecule is CC(C)(C)OC(=O)CCC(=O)Cc1cccc(OCc2ccccc2)c1. The number of ether oxygens (including phenoxy) is 2. The van der Waals surface area contributed by atoms with Gasteiger partial charge in [-0.1, -0.05) is 42.5 Å². The molecule has 0 saturated carbocycles. The van der Waals surface area contributed by atoms with Gasteiger partial charge in [0.2, 0.25) is 0 Å². The second-order valence-electron chi connectivity index (χ2n) is 7.22. The molecule has 0 spiro atoms. The van der Waals surface area contributed by atoms with Gasteiger partial charge in [0.05, 0.1) is 6.42 Å². The molecule has 0 aliphatic rings. The molecule has 2 rings (SSSR count). The minimum atomic E-state index is -0.523. The lowest BCUT2D eigenvalue weighted by Gasteiger charge is -2.19. The zero-order valence-electron chi connectivity index (χ0n) is 15.7. The minimum Gasteiger partial charge on any atom is -0.489 e. The first-order valence-corrected chi connectivity index (χ1v) is 8.81. The standard InChI is InChI=1S/C22H26O4/c1-22(2,3)26-21(24)13-12-19(23)14-18-10-7-11-20(15-18)25-16-17-8-5-4-6-9-17/h4-11,15H,12-14,16H2,1-3H3. The first kappa shape index (κ1) is 19.7. The van der Waals surface area contributed by atoms with Gasteiger partial charge < -0.3 is 9.47 Å². The number of carbonyl (C=O) groups is 2. The molecular weight excluding hydrogens is 328 g/mol. The summed E-state index contributed by atoms with van der Waals surface area (Å²) in [6.07, 6.45) is 0.579. The quantitative estimate of drug-likeness (QED) is 0.655. The van der Waals surface area contributed by atoms with Crippen molar-refractivity contribution in [3.63, 3.8) is 0 Å². The molecular formula is C22H26O4. The van der Waals surface area contributed by atoms with Gasteiger partial charge in [-0.2, -0.15) is 0 Å². The summed E-state index contributed by atoms with van der Waals surface area (Å²) in [5, 5.41) is 0. The Labute approximate surface area is 155 Å². The monoisotopic (exact) mass is 354 g/mol. The summed E-state index contributed by atoms with van der Waals surface area (Å²) in [7, 11) is 0. The average molecular weight is 354 g/mol. The van der Waals surface area contributed by atoms with Crippen LogP contribution in [0.15, 0.2) is 54.6 Å². The second kappa shape index (κ2) is 9.18. The van der Waals surface area contributed by atoms with E-state index in [0.717, 1.165) is 16.9 Å². The molecule has 0 aliphatic heterocycles. The van der Waals surface area contributed by atoms with Crippen molar-refractivity contribution in [3.8, 4) is 5.75 Å². The Kier molecular flexibility index (Phi) is 6.96. The third kappa shape index (κ3) is 7.51. The Bertz CT molecular complexity index is 729. The van der Waals surface area contributed by atoms with E-state index < -0.39 is 5.60 Å². The van der Waals surface area contributed by atoms with Crippen LogP contribution in [-0.2, 0) is 27.4 Å². The van der Waals surface area contributed by atoms with Gasteiger partial charge >= 0.3 is 5.97 Å². The van der Waals surface area contributed by atoms with Crippen LogP contribution >= 0.6 is 0 Å². The van der Waals surface area contributed by atoms with Crippen molar-refractivity contribution in [1.82, 2.24) is 0 Å². The van der Waals surface area contributed by atoms with E-state index >= 15 is 0 Å². The van der Waals surface area contributed by atoms with Gasteiger partial charge in [0.1, 0.15) is 23.7 Å². The van der Waals surface area contributed by atoms with E-state index in [1.807, 2.05) is 75.4 Å². The molecule has 4 heteroatoms. The molecule has 4 nitrogen and oxygen atoms in total. The maximum absolute atomic E-state index is 12.1. The Hall–Kier alpha value is -2.62. The maximum atomic E-state index is 12.1. The molecule has 2 aromatic carbocycles. The van der Waals surface area contributed by atoms with E-state index in [-0.39, 0.29) is 31.0 Å². The highest BCUT2D eigenvalue weighted by Crippen LogP contribution is 2.17. The van der Waals surface area contributed by atoms with Gasteiger partial charge in [-0.3, -0.25) is 9.59 Å². The summed E-state index contributed by atoms with van der Waals surface area (Å²) in [5.41, 5.74) is 1.45. The molecule has 0 aromatic heterocycles. The fraction of sp³-hybridized carbons (Fsp3) is 0.364. The van der Waals surface area contributed by atoms with Crippen LogP contribution in [-0.4, -0.2) is 17.4 Å². The normalized spacial score (nSPS) is 11.0. The van der Waals surface area contributed by atoms with Crippen LogP contribution in [0, 0.1) is 0 Å². The predicted octanol–water partition coefficient (Wildman–Crippen LogP) is 4.50. The minimum absolute atomic E-state index is 0.0102. The molecule has 0 unspecified atom stereocenters. The number of esters is 1. The van der Waals surface area contributed by atoms with Gasteiger partial charge in [0.15, 0.2) is 0 Å². The third-order valence-electron chi connectivity index (χ3n) is 3.58. The fourth-order valence-corrected chi connectivity index (χ4v) is 2.44. The molecule has 0 bridgehead atoms. The van der Waals surface area contributed by atoms with Crippen LogP contribution in [0.25, 0.3) is 0 Å². The number of hydrogen-bond donors (Lipinski definition) is 0. The lowest BCUT2D eigenvalue weighted by molar-refractivity contribution is -0.155. The van der Waals surface area contributed by atoms with E-state index in [4.69, 9.17) is 9.47 Å². The zero-order valence-corrected chi connectivity index (χ0v) is 15.7. The summed E-state index contributed by atoms with van der Waals surface area (Å²) in [6.45, 7) is 5.92. The highest BCUT2D eigenvalue weighted by atomic mass is 16.6. The lowest BCUT2D eigenvalue weighted by Crippen LogP contribution is -2.24. The summed E-state index contributed by atoms with van der Waals surface area (Å²) < 4.78 is 11.0. The fourth-order valence-electron chi connectivity index (χ4n) is 2.44. The molecule has 138 valence electrons. The van der Waals surface area contributed by atoms with Gasteiger partial charge in [-0.05, 0) is 44.0 Å². The largest absolute Gasteiger partial charge is 0.489 e. The topological polar surface area (TPSA) is 52.6 Å². The molecule has 0 heterocycles. The van der Waals surface area contributed by atoms with E-state index in [9.17, 15) is 9.59 Å². The van der Waals surface area contributed by atoms with Crippen molar-refractivity contribution >= 4 is 11.8 Å². The van der Waals surface area contributed by atoms with Crippen LogP contribution in [0.4, 0.5) is 0 Å². The molecule has 0 saturated heterocycles. The summed E-state index contributed by atoms with van der Waals surface area (Å²) in [5.74, 6) is 0.396. The summed E-state index contributed by atoms with van der Waals surface area (Å²) in [4.78, 5) is 23.8. The van der Waals surface area contributed by atoms with Crippen molar-refractivity contribution in [2.24, 2.45) is 0 Å². The van der Waals surface area contributed by atoms with Crippen LogP contribution in [0.1, 0.15) is 44.7 Å². The molecule has 0 aliphatic carbocycles. The summed E-state index contributed by atoms with van der Waals surface area (Å²) >= 11 is 0. The predicted molar refractivity (Wildman–Crippen MR) is 101 cm³/mol. The average Bonchev–Trinajstić information content (AvgIpc) is 2.58. The van der Waals surface area contributed by atoms with Crippen molar-refractivity contribution in [2.75, 3.05) is 0 Å². The van der Waals surface area contributed by atoms with E-state index in [1.165, 1.54) is 0 Å². The Morgan fingerprint density at radius 2 is 1.58 bits per heavy atom. The van der Waals surface area contributed by atoms with Gasteiger partial charge in [-0.15, -0.1) is 0 Å². The van der Waals surface area contributed by atoms with Crippen LogP contribution in [0.2, 0.25) is 0 Å². The maximum Gasteiger partial charge on any atom is 0.306 e. The molecule has 0 radical (unpaired) electrons. The molecule has 0 fully saturated rings. The molecule has 26 heavy (non-hydrogen) atoms.